The fourth-order valence-electron chi connectivity index (χ4n) is 2.93. The first-order valence-electron chi connectivity index (χ1n) is 7.52. The third-order valence-electron chi connectivity index (χ3n) is 4.21. The lowest BCUT2D eigenvalue weighted by molar-refractivity contribution is 0.0699. The number of halogens is 1. The molecule has 108 valence electrons. The van der Waals surface area contributed by atoms with E-state index in [1.807, 2.05) is 4.90 Å². The summed E-state index contributed by atoms with van der Waals surface area (Å²) in [6.45, 7) is 2.79. The van der Waals surface area contributed by atoms with Crippen LogP contribution < -0.4 is 5.32 Å². The van der Waals surface area contributed by atoms with E-state index in [1.54, 1.807) is 18.2 Å². The second-order valence-corrected chi connectivity index (χ2v) is 5.88. The number of amides is 1. The van der Waals surface area contributed by atoms with Gasteiger partial charge >= 0.3 is 0 Å². The Kier molecular flexibility index (Phi) is 4.01. The SMILES string of the molecule is O=C(c1ccccc1F)N(CC1CCCNC1)C1CC1. The van der Waals surface area contributed by atoms with Gasteiger partial charge in [-0.3, -0.25) is 4.79 Å². The Hall–Kier alpha value is -1.42. The van der Waals surface area contributed by atoms with Gasteiger partial charge in [0.2, 0.25) is 0 Å². The Morgan fingerprint density at radius 2 is 2.10 bits per heavy atom. The molecule has 0 aromatic heterocycles. The summed E-state index contributed by atoms with van der Waals surface area (Å²) in [5.74, 6) is -0.0545. The minimum Gasteiger partial charge on any atom is -0.335 e. The van der Waals surface area contributed by atoms with Crippen LogP contribution in [0.25, 0.3) is 0 Å². The average molecular weight is 276 g/mol. The standard InChI is InChI=1S/C16H21FN2O/c17-15-6-2-1-5-14(15)16(20)19(13-7-8-13)11-12-4-3-9-18-10-12/h1-2,5-6,12-13,18H,3-4,7-11H2. The molecule has 1 aromatic rings. The van der Waals surface area contributed by atoms with Crippen LogP contribution in [0, 0.1) is 11.7 Å². The second-order valence-electron chi connectivity index (χ2n) is 5.88. The van der Waals surface area contributed by atoms with Gasteiger partial charge in [0.25, 0.3) is 5.91 Å². The van der Waals surface area contributed by atoms with Crippen LogP contribution in [0.15, 0.2) is 24.3 Å². The Bertz CT molecular complexity index is 481. The molecule has 1 heterocycles. The van der Waals surface area contributed by atoms with Crippen LogP contribution in [0.1, 0.15) is 36.0 Å². The Morgan fingerprint density at radius 3 is 2.75 bits per heavy atom. The lowest BCUT2D eigenvalue weighted by Gasteiger charge is -2.30. The summed E-state index contributed by atoms with van der Waals surface area (Å²) in [6.07, 6.45) is 4.43. The van der Waals surface area contributed by atoms with Gasteiger partial charge in [0, 0.05) is 12.6 Å². The summed E-state index contributed by atoms with van der Waals surface area (Å²) in [7, 11) is 0. The third kappa shape index (κ3) is 3.01. The number of carbonyl (C=O) groups is 1. The number of rotatable bonds is 4. The van der Waals surface area contributed by atoms with Gasteiger partial charge in [-0.2, -0.15) is 0 Å². The van der Waals surface area contributed by atoms with Crippen LogP contribution in [0.5, 0.6) is 0 Å². The highest BCUT2D eigenvalue weighted by molar-refractivity contribution is 5.94. The van der Waals surface area contributed by atoms with E-state index in [4.69, 9.17) is 0 Å². The molecule has 3 nitrogen and oxygen atoms in total. The van der Waals surface area contributed by atoms with Crippen molar-refractivity contribution in [3.63, 3.8) is 0 Å². The molecular weight excluding hydrogens is 255 g/mol. The van der Waals surface area contributed by atoms with Crippen LogP contribution in [-0.2, 0) is 0 Å². The van der Waals surface area contributed by atoms with E-state index in [2.05, 4.69) is 5.32 Å². The number of piperidine rings is 1. The van der Waals surface area contributed by atoms with E-state index in [-0.39, 0.29) is 11.5 Å². The van der Waals surface area contributed by atoms with Crippen LogP contribution in [0.2, 0.25) is 0 Å². The number of nitrogens with one attached hydrogen (secondary N) is 1. The maximum Gasteiger partial charge on any atom is 0.257 e. The summed E-state index contributed by atoms with van der Waals surface area (Å²) >= 11 is 0. The molecule has 1 saturated carbocycles. The van der Waals surface area contributed by atoms with Gasteiger partial charge in [-0.15, -0.1) is 0 Å². The molecule has 0 spiro atoms. The van der Waals surface area contributed by atoms with Crippen molar-refractivity contribution in [1.82, 2.24) is 10.2 Å². The third-order valence-corrected chi connectivity index (χ3v) is 4.21. The zero-order chi connectivity index (χ0) is 13.9. The van der Waals surface area contributed by atoms with Crippen molar-refractivity contribution in [3.05, 3.63) is 35.6 Å². The molecule has 0 bridgehead atoms. The zero-order valence-electron chi connectivity index (χ0n) is 11.6. The first kappa shape index (κ1) is 13.6. The van der Waals surface area contributed by atoms with Crippen molar-refractivity contribution in [2.75, 3.05) is 19.6 Å². The molecule has 2 aliphatic rings. The molecule has 1 N–H and O–H groups in total. The van der Waals surface area contributed by atoms with E-state index in [0.29, 0.717) is 12.0 Å². The van der Waals surface area contributed by atoms with Gasteiger partial charge in [-0.1, -0.05) is 12.1 Å². The predicted molar refractivity (Wildman–Crippen MR) is 76.1 cm³/mol. The lowest BCUT2D eigenvalue weighted by Crippen LogP contribution is -2.42. The molecule has 1 amide bonds. The highest BCUT2D eigenvalue weighted by Gasteiger charge is 2.35. The van der Waals surface area contributed by atoms with Gasteiger partial charge in [0.15, 0.2) is 0 Å². The van der Waals surface area contributed by atoms with E-state index in [1.165, 1.54) is 6.07 Å². The van der Waals surface area contributed by atoms with E-state index < -0.39 is 5.82 Å². The smallest absolute Gasteiger partial charge is 0.257 e. The van der Waals surface area contributed by atoms with Gasteiger partial charge < -0.3 is 10.2 Å². The van der Waals surface area contributed by atoms with Crippen LogP contribution in [-0.4, -0.2) is 36.5 Å². The molecule has 4 heteroatoms. The molecule has 1 aliphatic carbocycles. The maximum absolute atomic E-state index is 13.8. The molecule has 1 unspecified atom stereocenters. The average Bonchev–Trinajstić information content (AvgIpc) is 3.30. The summed E-state index contributed by atoms with van der Waals surface area (Å²) < 4.78 is 13.8. The molecular formula is C16H21FN2O. The van der Waals surface area contributed by atoms with E-state index >= 15 is 0 Å². The van der Waals surface area contributed by atoms with Crippen LogP contribution in [0.3, 0.4) is 0 Å². The van der Waals surface area contributed by atoms with Crippen molar-refractivity contribution in [3.8, 4) is 0 Å². The molecule has 20 heavy (non-hydrogen) atoms. The minimum absolute atomic E-state index is 0.142. The normalized spacial score (nSPS) is 22.6. The van der Waals surface area contributed by atoms with Gasteiger partial charge in [0.05, 0.1) is 5.56 Å². The largest absolute Gasteiger partial charge is 0.335 e. The van der Waals surface area contributed by atoms with Gasteiger partial charge in [-0.05, 0) is 56.8 Å². The Labute approximate surface area is 119 Å². The molecule has 1 saturated heterocycles. The summed E-state index contributed by atoms with van der Waals surface area (Å²) in [6, 6.07) is 6.62. The molecule has 0 radical (unpaired) electrons. The minimum atomic E-state index is -0.412. The molecule has 3 rings (SSSR count). The quantitative estimate of drug-likeness (QED) is 0.916. The molecule has 1 aromatic carbocycles. The van der Waals surface area contributed by atoms with Gasteiger partial charge in [0.1, 0.15) is 5.82 Å². The summed E-state index contributed by atoms with van der Waals surface area (Å²) in [5, 5.41) is 3.38. The predicted octanol–water partition coefficient (Wildman–Crippen LogP) is 2.43. The molecule has 1 atom stereocenters. The number of nitrogens with zero attached hydrogens (tertiary/aromatic N) is 1. The molecule has 2 fully saturated rings. The first-order chi connectivity index (χ1) is 9.75. The zero-order valence-corrected chi connectivity index (χ0v) is 11.6. The monoisotopic (exact) mass is 276 g/mol. The summed E-state index contributed by atoms with van der Waals surface area (Å²) in [5.41, 5.74) is 0.211. The lowest BCUT2D eigenvalue weighted by atomic mass is 9.98. The van der Waals surface area contributed by atoms with Crippen molar-refractivity contribution in [2.45, 2.75) is 31.7 Å². The summed E-state index contributed by atoms with van der Waals surface area (Å²) in [4.78, 5) is 14.5. The van der Waals surface area contributed by atoms with Crippen molar-refractivity contribution < 1.29 is 9.18 Å². The second kappa shape index (κ2) is 5.92. The van der Waals surface area contributed by atoms with Crippen molar-refractivity contribution in [2.24, 2.45) is 5.92 Å². The fourth-order valence-corrected chi connectivity index (χ4v) is 2.93. The van der Waals surface area contributed by atoms with Crippen LogP contribution >= 0.6 is 0 Å². The maximum atomic E-state index is 13.8. The first-order valence-corrected chi connectivity index (χ1v) is 7.52. The van der Waals surface area contributed by atoms with Crippen LogP contribution in [0.4, 0.5) is 4.39 Å². The van der Waals surface area contributed by atoms with E-state index in [9.17, 15) is 9.18 Å². The fraction of sp³-hybridized carbons (Fsp3) is 0.562. The molecule has 1 aliphatic heterocycles. The number of hydrogen-bond acceptors (Lipinski definition) is 2. The topological polar surface area (TPSA) is 32.3 Å². The Balaban J connectivity index is 1.73. The van der Waals surface area contributed by atoms with Crippen molar-refractivity contribution >= 4 is 5.91 Å². The number of carbonyl (C=O) groups excluding carboxylic acids is 1. The van der Waals surface area contributed by atoms with Gasteiger partial charge in [-0.25, -0.2) is 4.39 Å². The van der Waals surface area contributed by atoms with E-state index in [0.717, 1.165) is 45.3 Å². The van der Waals surface area contributed by atoms with Crippen molar-refractivity contribution in [1.29, 1.82) is 0 Å². The highest BCUT2D eigenvalue weighted by atomic mass is 19.1. The Morgan fingerprint density at radius 1 is 1.30 bits per heavy atom. The highest BCUT2D eigenvalue weighted by Crippen LogP contribution is 2.30. The number of benzene rings is 1. The number of hydrogen-bond donors (Lipinski definition) is 1.